The molecule has 0 spiro atoms. The molecular formula is C15H12F2N2. The van der Waals surface area contributed by atoms with Crippen molar-refractivity contribution >= 4 is 5.69 Å². The molecule has 2 nitrogen and oxygen atoms in total. The average molecular weight is 258 g/mol. The van der Waals surface area contributed by atoms with Crippen LogP contribution in [0.3, 0.4) is 0 Å². The number of benzene rings is 2. The van der Waals surface area contributed by atoms with Gasteiger partial charge in [-0.15, -0.1) is 0 Å². The van der Waals surface area contributed by atoms with Gasteiger partial charge in [0, 0.05) is 17.8 Å². The number of rotatable bonds is 3. The molecule has 0 bridgehead atoms. The van der Waals surface area contributed by atoms with Crippen molar-refractivity contribution in [2.24, 2.45) is 0 Å². The second kappa shape index (κ2) is 5.49. The third-order valence-electron chi connectivity index (χ3n) is 2.85. The van der Waals surface area contributed by atoms with Gasteiger partial charge in [0.25, 0.3) is 0 Å². The average Bonchev–Trinajstić information content (AvgIpc) is 2.40. The van der Waals surface area contributed by atoms with Crippen LogP contribution in [0.1, 0.15) is 16.7 Å². The Morgan fingerprint density at radius 1 is 1.21 bits per heavy atom. The smallest absolute Gasteiger partial charge is 0.129 e. The maximum Gasteiger partial charge on any atom is 0.129 e. The largest absolute Gasteiger partial charge is 0.381 e. The first kappa shape index (κ1) is 13.0. The molecule has 0 atom stereocenters. The number of hydrogen-bond donors (Lipinski definition) is 1. The third kappa shape index (κ3) is 3.08. The van der Waals surface area contributed by atoms with Crippen LogP contribution in [-0.2, 0) is 6.54 Å². The molecule has 1 N–H and O–H groups in total. The summed E-state index contributed by atoms with van der Waals surface area (Å²) in [6.07, 6.45) is 0. The molecular weight excluding hydrogens is 246 g/mol. The van der Waals surface area contributed by atoms with Gasteiger partial charge < -0.3 is 5.32 Å². The van der Waals surface area contributed by atoms with E-state index in [0.717, 1.165) is 5.56 Å². The molecule has 0 radical (unpaired) electrons. The molecule has 0 aliphatic carbocycles. The van der Waals surface area contributed by atoms with Crippen LogP contribution >= 0.6 is 0 Å². The topological polar surface area (TPSA) is 35.8 Å². The van der Waals surface area contributed by atoms with E-state index in [1.807, 2.05) is 6.07 Å². The van der Waals surface area contributed by atoms with Crippen molar-refractivity contribution in [1.82, 2.24) is 0 Å². The molecule has 2 aromatic rings. The van der Waals surface area contributed by atoms with E-state index in [2.05, 4.69) is 5.32 Å². The van der Waals surface area contributed by atoms with E-state index in [1.54, 1.807) is 25.1 Å². The lowest BCUT2D eigenvalue weighted by molar-refractivity contribution is 0.618. The van der Waals surface area contributed by atoms with Crippen LogP contribution in [0.2, 0.25) is 0 Å². The van der Waals surface area contributed by atoms with Gasteiger partial charge in [-0.2, -0.15) is 5.26 Å². The van der Waals surface area contributed by atoms with Crippen LogP contribution in [0.15, 0.2) is 36.4 Å². The summed E-state index contributed by atoms with van der Waals surface area (Å²) in [5.41, 5.74) is 1.99. The summed E-state index contributed by atoms with van der Waals surface area (Å²) in [6.45, 7) is 2.00. The lowest BCUT2D eigenvalue weighted by Crippen LogP contribution is -2.03. The molecule has 4 heteroatoms. The molecule has 19 heavy (non-hydrogen) atoms. The Kier molecular flexibility index (Phi) is 3.76. The maximum absolute atomic E-state index is 13.6. The highest BCUT2D eigenvalue weighted by molar-refractivity contribution is 5.56. The summed E-state index contributed by atoms with van der Waals surface area (Å²) >= 11 is 0. The van der Waals surface area contributed by atoms with Gasteiger partial charge in [0.1, 0.15) is 11.6 Å². The minimum atomic E-state index is -0.430. The number of hydrogen-bond acceptors (Lipinski definition) is 2. The van der Waals surface area contributed by atoms with Crippen molar-refractivity contribution in [3.8, 4) is 6.07 Å². The van der Waals surface area contributed by atoms with Gasteiger partial charge in [-0.25, -0.2) is 8.78 Å². The zero-order chi connectivity index (χ0) is 13.8. The lowest BCUT2D eigenvalue weighted by Gasteiger charge is -2.11. The van der Waals surface area contributed by atoms with Crippen LogP contribution in [0, 0.1) is 29.9 Å². The molecule has 0 aromatic heterocycles. The van der Waals surface area contributed by atoms with Crippen molar-refractivity contribution < 1.29 is 8.78 Å². The molecule has 0 amide bonds. The molecule has 0 unspecified atom stereocenters. The summed E-state index contributed by atoms with van der Waals surface area (Å²) in [4.78, 5) is 0. The third-order valence-corrected chi connectivity index (χ3v) is 2.85. The standard InChI is InChI=1S/C15H12F2N2/c1-10-14(17)6-12(8-18)7-15(10)19-9-11-3-2-4-13(16)5-11/h2-7,19H,9H2,1H3. The molecule has 96 valence electrons. The highest BCUT2D eigenvalue weighted by atomic mass is 19.1. The van der Waals surface area contributed by atoms with E-state index in [0.29, 0.717) is 17.8 Å². The van der Waals surface area contributed by atoms with Crippen molar-refractivity contribution in [3.05, 3.63) is 64.7 Å². The first-order valence-corrected chi connectivity index (χ1v) is 5.78. The fraction of sp³-hybridized carbons (Fsp3) is 0.133. The Morgan fingerprint density at radius 3 is 2.68 bits per heavy atom. The lowest BCUT2D eigenvalue weighted by atomic mass is 10.1. The van der Waals surface area contributed by atoms with Crippen LogP contribution in [0.25, 0.3) is 0 Å². The van der Waals surface area contributed by atoms with E-state index in [1.165, 1.54) is 18.2 Å². The van der Waals surface area contributed by atoms with E-state index in [9.17, 15) is 8.78 Å². The highest BCUT2D eigenvalue weighted by Gasteiger charge is 2.07. The number of nitrogens with one attached hydrogen (secondary N) is 1. The van der Waals surface area contributed by atoms with Gasteiger partial charge in [-0.05, 0) is 36.8 Å². The number of halogens is 2. The second-order valence-electron chi connectivity index (χ2n) is 4.23. The molecule has 0 saturated heterocycles. The molecule has 2 rings (SSSR count). The molecule has 2 aromatic carbocycles. The number of nitriles is 1. The predicted octanol–water partition coefficient (Wildman–Crippen LogP) is 3.76. The van der Waals surface area contributed by atoms with Crippen LogP contribution in [0.5, 0.6) is 0 Å². The van der Waals surface area contributed by atoms with Crippen molar-refractivity contribution in [2.45, 2.75) is 13.5 Å². The monoisotopic (exact) mass is 258 g/mol. The zero-order valence-electron chi connectivity index (χ0n) is 10.4. The Bertz CT molecular complexity index is 645. The van der Waals surface area contributed by atoms with Gasteiger partial charge in [0.05, 0.1) is 11.6 Å². The van der Waals surface area contributed by atoms with Gasteiger partial charge in [0.2, 0.25) is 0 Å². The van der Waals surface area contributed by atoms with Crippen molar-refractivity contribution in [2.75, 3.05) is 5.32 Å². The van der Waals surface area contributed by atoms with Gasteiger partial charge >= 0.3 is 0 Å². The Morgan fingerprint density at radius 2 is 2.00 bits per heavy atom. The van der Waals surface area contributed by atoms with Crippen molar-refractivity contribution in [1.29, 1.82) is 5.26 Å². The SMILES string of the molecule is Cc1c(F)cc(C#N)cc1NCc1cccc(F)c1. The van der Waals surface area contributed by atoms with E-state index < -0.39 is 5.82 Å². The molecule has 0 aliphatic heterocycles. The first-order valence-electron chi connectivity index (χ1n) is 5.78. The van der Waals surface area contributed by atoms with E-state index in [-0.39, 0.29) is 11.4 Å². The van der Waals surface area contributed by atoms with Gasteiger partial charge in [0.15, 0.2) is 0 Å². The number of nitrogens with zero attached hydrogens (tertiary/aromatic N) is 1. The zero-order valence-corrected chi connectivity index (χ0v) is 10.4. The minimum absolute atomic E-state index is 0.254. The quantitative estimate of drug-likeness (QED) is 0.909. The van der Waals surface area contributed by atoms with Gasteiger partial charge in [-0.3, -0.25) is 0 Å². The summed E-state index contributed by atoms with van der Waals surface area (Å²) in [5, 5.41) is 11.8. The van der Waals surface area contributed by atoms with Crippen molar-refractivity contribution in [3.63, 3.8) is 0 Å². The highest BCUT2D eigenvalue weighted by Crippen LogP contribution is 2.21. The molecule has 0 heterocycles. The molecule has 0 fully saturated rings. The van der Waals surface area contributed by atoms with Crippen LogP contribution in [0.4, 0.5) is 14.5 Å². The fourth-order valence-corrected chi connectivity index (χ4v) is 1.77. The van der Waals surface area contributed by atoms with Gasteiger partial charge in [-0.1, -0.05) is 12.1 Å². The Labute approximate surface area is 110 Å². The predicted molar refractivity (Wildman–Crippen MR) is 69.6 cm³/mol. The Hall–Kier alpha value is -2.41. The first-order chi connectivity index (χ1) is 9.10. The fourth-order valence-electron chi connectivity index (χ4n) is 1.77. The summed E-state index contributed by atoms with van der Waals surface area (Å²) < 4.78 is 26.6. The second-order valence-corrected chi connectivity index (χ2v) is 4.23. The normalized spacial score (nSPS) is 10.0. The molecule has 0 saturated carbocycles. The van der Waals surface area contributed by atoms with Crippen LogP contribution in [-0.4, -0.2) is 0 Å². The summed E-state index contributed by atoms with van der Waals surface area (Å²) in [5.74, 6) is -0.742. The minimum Gasteiger partial charge on any atom is -0.381 e. The van der Waals surface area contributed by atoms with Crippen LogP contribution < -0.4 is 5.32 Å². The summed E-state index contributed by atoms with van der Waals surface area (Å²) in [7, 11) is 0. The van der Waals surface area contributed by atoms with E-state index >= 15 is 0 Å². The Balaban J connectivity index is 2.20. The summed E-state index contributed by atoms with van der Waals surface area (Å²) in [6, 6.07) is 10.8. The maximum atomic E-state index is 13.6. The number of anilines is 1. The van der Waals surface area contributed by atoms with E-state index in [4.69, 9.17) is 5.26 Å². The molecule has 0 aliphatic rings.